The molecule has 3 aliphatic heterocycles. The highest BCUT2D eigenvalue weighted by Gasteiger charge is 2.59. The highest BCUT2D eigenvalue weighted by atomic mass is 28.4. The van der Waals surface area contributed by atoms with Gasteiger partial charge < -0.3 is 71.1 Å². The van der Waals surface area contributed by atoms with Crippen LogP contribution in [0.5, 0.6) is 0 Å². The van der Waals surface area contributed by atoms with E-state index in [0.717, 1.165) is 53.4 Å². The molecule has 3 heterocycles. The summed E-state index contributed by atoms with van der Waals surface area (Å²) >= 11 is 0. The number of rotatable bonds is 26. The molecule has 6 aromatic rings. The Morgan fingerprint density at radius 2 is 0.789 bits per heavy atom. The first-order valence-corrected chi connectivity index (χ1v) is 32.3. The van der Waals surface area contributed by atoms with Gasteiger partial charge in [-0.1, -0.05) is 203 Å². The van der Waals surface area contributed by atoms with E-state index in [1.54, 1.807) is 0 Å². The Kier molecular flexibility index (Phi) is 23.8. The smallest absolute Gasteiger partial charge is 0.303 e. The molecule has 15 atom stereocenters. The third-order valence-electron chi connectivity index (χ3n) is 15.9. The van der Waals surface area contributed by atoms with E-state index in [1.807, 2.05) is 189 Å². The summed E-state index contributed by atoms with van der Waals surface area (Å²) in [7, 11) is -3.47. The van der Waals surface area contributed by atoms with Crippen molar-refractivity contribution in [2.45, 2.75) is 179 Å². The van der Waals surface area contributed by atoms with Crippen LogP contribution in [0, 0.1) is 0 Å². The molecule has 480 valence electrons. The molecule has 0 unspecified atom stereocenters. The number of hydrogen-bond acceptors (Lipinski definition) is 19. The Morgan fingerprint density at radius 1 is 0.411 bits per heavy atom. The predicted octanol–water partition coefficient (Wildman–Crippen LogP) is 8.22. The van der Waals surface area contributed by atoms with Crippen LogP contribution in [-0.4, -0.2) is 143 Å². The van der Waals surface area contributed by atoms with Crippen LogP contribution < -0.4 is 10.4 Å². The van der Waals surface area contributed by atoms with Crippen LogP contribution >= 0.6 is 0 Å². The van der Waals surface area contributed by atoms with Gasteiger partial charge >= 0.3 is 23.9 Å². The highest BCUT2D eigenvalue weighted by Crippen LogP contribution is 2.41. The number of benzene rings is 6. The van der Waals surface area contributed by atoms with Gasteiger partial charge in [0.1, 0.15) is 55.4 Å². The van der Waals surface area contributed by atoms with Gasteiger partial charge in [-0.05, 0) is 44.6 Å². The van der Waals surface area contributed by atoms with Crippen LogP contribution in [0.4, 0.5) is 0 Å². The molecule has 0 spiro atoms. The fraction of sp³-hybridized carbons (Fsp3) is 0.429. The Morgan fingerprint density at radius 3 is 1.23 bits per heavy atom. The molecule has 20 heteroatoms. The predicted molar refractivity (Wildman–Crippen MR) is 331 cm³/mol. The Labute approximate surface area is 527 Å². The van der Waals surface area contributed by atoms with Gasteiger partial charge in [0, 0.05) is 27.7 Å². The standard InChI is InChI=1S/C70H82O19Si/c1-45-58(77-39-50-27-15-9-16-28-50)61(78-40-51-29-17-10-18-30-51)65(80-42-53-33-21-12-22-34-53)68(82-45)89-62-60(88-69-66(85-49(5)74)63(84-48(4)73)59(83-47(3)72)56(87-69)43-76-46(2)71)57(86-67(75)64(62)79-41-52-31-19-11-20-32-52)44-81-90(70(6,7)8,54-35-23-13-24-36-54)55-37-25-14-26-38-55/h9-38,45,56-69,75H,39-44H2,1-8H3/t45-,56+,57+,58+,59-,60+,61+,62-,63-,64+,65-,66+,67+,68-,69-/m0/s1. The lowest BCUT2D eigenvalue weighted by Crippen LogP contribution is -2.70. The minimum Gasteiger partial charge on any atom is -0.463 e. The van der Waals surface area contributed by atoms with Gasteiger partial charge in [0.15, 0.2) is 37.2 Å². The number of hydrogen-bond donors (Lipinski definition) is 1. The summed E-state index contributed by atoms with van der Waals surface area (Å²) in [5, 5.41) is 14.1. The van der Waals surface area contributed by atoms with E-state index in [9.17, 15) is 24.3 Å². The van der Waals surface area contributed by atoms with Crippen LogP contribution in [0.1, 0.15) is 77.6 Å². The van der Waals surface area contributed by atoms with Crippen molar-refractivity contribution >= 4 is 42.6 Å². The van der Waals surface area contributed by atoms with Crippen molar-refractivity contribution < 1.29 is 90.3 Å². The molecule has 0 saturated carbocycles. The number of carbonyl (C=O) groups is 4. The summed E-state index contributed by atoms with van der Waals surface area (Å²) < 4.78 is 93.9. The second kappa shape index (κ2) is 31.8. The Balaban J connectivity index is 1.21. The lowest BCUT2D eigenvalue weighted by molar-refractivity contribution is -0.390. The molecular weight excluding hydrogens is 1170 g/mol. The SMILES string of the molecule is CC(=O)OC[C@H]1O[C@@H](O[C@H]2[C@H](O[C@@H]3O[C@@H](C)[C@@H](OCc4ccccc4)[C@@H](OCc4ccccc4)[C@@H]3OCc3ccccc3)[C@@H](OCc3ccccc3)[C@H](O)O[C@@H]2CO[Si](c2ccccc2)(c2ccccc2)C(C)(C)C)[C@H](OC(C)=O)[C@@H](OC(C)=O)[C@H]1OC(C)=O. The minimum atomic E-state index is -3.47. The molecule has 6 aromatic carbocycles. The molecule has 3 fully saturated rings. The highest BCUT2D eigenvalue weighted by molar-refractivity contribution is 6.99. The Hall–Kier alpha value is -7.02. The van der Waals surface area contributed by atoms with Crippen molar-refractivity contribution in [1.29, 1.82) is 0 Å². The zero-order valence-electron chi connectivity index (χ0n) is 52.0. The Bertz CT molecular complexity index is 3140. The maximum absolute atomic E-state index is 13.4. The number of aliphatic hydroxyl groups excluding tert-OH is 1. The summed E-state index contributed by atoms with van der Waals surface area (Å²) in [6, 6.07) is 58.2. The third-order valence-corrected chi connectivity index (χ3v) is 20.9. The third kappa shape index (κ3) is 17.3. The molecular formula is C70H82O19Si. The molecule has 19 nitrogen and oxygen atoms in total. The topological polar surface area (TPSA) is 218 Å². The second-order valence-corrected chi connectivity index (χ2v) is 27.9. The molecule has 0 aliphatic carbocycles. The molecule has 9 rings (SSSR count). The van der Waals surface area contributed by atoms with E-state index in [2.05, 4.69) is 20.8 Å². The van der Waals surface area contributed by atoms with E-state index in [0.29, 0.717) is 0 Å². The zero-order valence-corrected chi connectivity index (χ0v) is 53.0. The summed E-state index contributed by atoms with van der Waals surface area (Å²) in [6.07, 6.45) is -20.6. The largest absolute Gasteiger partial charge is 0.463 e. The van der Waals surface area contributed by atoms with Crippen molar-refractivity contribution in [3.05, 3.63) is 204 Å². The van der Waals surface area contributed by atoms with E-state index in [4.69, 9.17) is 66.0 Å². The molecule has 90 heavy (non-hydrogen) atoms. The molecule has 3 saturated heterocycles. The van der Waals surface area contributed by atoms with Crippen molar-refractivity contribution in [2.75, 3.05) is 13.2 Å². The number of ether oxygens (including phenoxy) is 13. The second-order valence-electron chi connectivity index (χ2n) is 23.6. The van der Waals surface area contributed by atoms with E-state index in [1.165, 1.54) is 6.92 Å². The molecule has 0 amide bonds. The summed E-state index contributed by atoms with van der Waals surface area (Å²) in [6.45, 7) is 12.3. The van der Waals surface area contributed by atoms with E-state index in [-0.39, 0.29) is 33.0 Å². The van der Waals surface area contributed by atoms with Crippen LogP contribution in [-0.2, 0) is 112 Å². The van der Waals surface area contributed by atoms with Gasteiger partial charge in [-0.15, -0.1) is 0 Å². The van der Waals surface area contributed by atoms with Crippen molar-refractivity contribution in [1.82, 2.24) is 0 Å². The minimum absolute atomic E-state index is 0.0592. The van der Waals surface area contributed by atoms with Crippen LogP contribution in [0.2, 0.25) is 5.04 Å². The number of esters is 4. The van der Waals surface area contributed by atoms with E-state index >= 15 is 0 Å². The fourth-order valence-electron chi connectivity index (χ4n) is 11.8. The molecule has 0 bridgehead atoms. The first kappa shape index (κ1) is 67.4. The van der Waals surface area contributed by atoms with Gasteiger partial charge in [-0.3, -0.25) is 19.2 Å². The molecule has 0 aromatic heterocycles. The van der Waals surface area contributed by atoms with Gasteiger partial charge in [-0.2, -0.15) is 0 Å². The number of carbonyl (C=O) groups excluding carboxylic acids is 4. The average molecular weight is 1260 g/mol. The van der Waals surface area contributed by atoms with Gasteiger partial charge in [-0.25, -0.2) is 0 Å². The average Bonchev–Trinajstić information content (AvgIpc) is 0.777. The van der Waals surface area contributed by atoms with E-state index < -0.39 is 136 Å². The monoisotopic (exact) mass is 1250 g/mol. The summed E-state index contributed by atoms with van der Waals surface area (Å²) in [4.78, 5) is 52.1. The van der Waals surface area contributed by atoms with Crippen LogP contribution in [0.15, 0.2) is 182 Å². The molecule has 1 N–H and O–H groups in total. The lowest BCUT2D eigenvalue weighted by atomic mass is 9.95. The fourth-order valence-corrected chi connectivity index (χ4v) is 16.4. The first-order chi connectivity index (χ1) is 43.4. The number of aliphatic hydroxyl groups is 1. The van der Waals surface area contributed by atoms with Crippen molar-refractivity contribution in [3.63, 3.8) is 0 Å². The van der Waals surface area contributed by atoms with Crippen molar-refractivity contribution in [3.8, 4) is 0 Å². The summed E-state index contributed by atoms with van der Waals surface area (Å²) in [5.74, 6) is -3.24. The van der Waals surface area contributed by atoms with Gasteiger partial charge in [0.05, 0.1) is 39.1 Å². The molecule has 0 radical (unpaired) electrons. The maximum atomic E-state index is 13.4. The van der Waals surface area contributed by atoms with Crippen molar-refractivity contribution in [2.24, 2.45) is 0 Å². The summed E-state index contributed by atoms with van der Waals surface area (Å²) in [5.41, 5.74) is 3.35. The normalized spacial score (nSPS) is 27.0. The zero-order chi connectivity index (χ0) is 63.8. The quantitative estimate of drug-likeness (QED) is 0.0307. The van der Waals surface area contributed by atoms with Gasteiger partial charge in [0.25, 0.3) is 8.32 Å². The van der Waals surface area contributed by atoms with Gasteiger partial charge in [0.2, 0.25) is 0 Å². The first-order valence-electron chi connectivity index (χ1n) is 30.4. The lowest BCUT2D eigenvalue weighted by Gasteiger charge is -2.51. The van der Waals surface area contributed by atoms with Crippen LogP contribution in [0.3, 0.4) is 0 Å². The van der Waals surface area contributed by atoms with Crippen LogP contribution in [0.25, 0.3) is 0 Å². The molecule has 3 aliphatic rings. The maximum Gasteiger partial charge on any atom is 0.303 e.